The molecule has 48 heavy (non-hydrogen) atoms. The summed E-state index contributed by atoms with van der Waals surface area (Å²) in [4.78, 5) is 24.5. The van der Waals surface area contributed by atoms with Crippen molar-refractivity contribution in [3.05, 3.63) is 100 Å². The molecule has 0 spiro atoms. The van der Waals surface area contributed by atoms with Crippen molar-refractivity contribution in [2.45, 2.75) is 137 Å². The van der Waals surface area contributed by atoms with Crippen LogP contribution in [0.15, 0.2) is 100 Å². The minimum absolute atomic E-state index is 0.0816. The fourth-order valence-corrected chi connectivity index (χ4v) is 7.76. The van der Waals surface area contributed by atoms with Crippen LogP contribution in [0.1, 0.15) is 108 Å². The van der Waals surface area contributed by atoms with E-state index in [4.69, 9.17) is 9.47 Å². The SMILES string of the molecule is CC(=O)O[C@H]1CC(C)(C)C(=C=C/C(C)=C/C=C/C(C)=C/C=C/C=C(C)/C=C/C=C(\C)C(=O)C[C@]23O[C@@]2(C)C[C@@H](O)CC3(C)C)[C@](C)(O)C1. The van der Waals surface area contributed by atoms with Gasteiger partial charge in [-0.15, -0.1) is 5.73 Å². The Labute approximate surface area is 289 Å². The van der Waals surface area contributed by atoms with Gasteiger partial charge in [-0.2, -0.15) is 0 Å². The van der Waals surface area contributed by atoms with Crippen LogP contribution in [0.3, 0.4) is 0 Å². The molecule has 0 amide bonds. The van der Waals surface area contributed by atoms with Crippen molar-refractivity contribution in [1.29, 1.82) is 0 Å². The summed E-state index contributed by atoms with van der Waals surface area (Å²) in [5, 5.41) is 21.4. The normalized spacial score (nSPS) is 32.4. The maximum atomic E-state index is 13.1. The summed E-state index contributed by atoms with van der Waals surface area (Å²) in [5.41, 5.74) is 5.35. The standard InChI is InChI=1S/C42H58O6/c1-29(18-14-19-31(3)22-23-37-38(6,7)26-35(47-33(5)43)27-40(37,10)46)16-12-13-17-30(2)20-15-21-32(4)36(45)28-42-39(8,9)24-34(44)25-41(42,11)48-42/h12-22,34-35,44,46H,24-28H2,1-11H3/b13-12+,18-14+,20-15+,29-16+,30-17+,31-19+,32-21+/t23?,34-,35-,40+,41-,42+/m0/s1. The molecule has 1 saturated heterocycles. The van der Waals surface area contributed by atoms with E-state index < -0.39 is 16.8 Å². The summed E-state index contributed by atoms with van der Waals surface area (Å²) >= 11 is 0. The van der Waals surface area contributed by atoms with Crippen LogP contribution in [0.4, 0.5) is 0 Å². The molecule has 1 aliphatic heterocycles. The lowest BCUT2D eigenvalue weighted by molar-refractivity contribution is -0.152. The van der Waals surface area contributed by atoms with Gasteiger partial charge in [0.2, 0.25) is 0 Å². The van der Waals surface area contributed by atoms with Crippen LogP contribution in [0.2, 0.25) is 0 Å². The Morgan fingerprint density at radius 1 is 0.812 bits per heavy atom. The minimum Gasteiger partial charge on any atom is -0.462 e. The predicted octanol–water partition coefficient (Wildman–Crippen LogP) is 8.69. The summed E-state index contributed by atoms with van der Waals surface area (Å²) in [6, 6.07) is 0. The third-order valence-electron chi connectivity index (χ3n) is 10.1. The van der Waals surface area contributed by atoms with Gasteiger partial charge in [-0.1, -0.05) is 99.6 Å². The van der Waals surface area contributed by atoms with E-state index in [9.17, 15) is 19.8 Å². The largest absolute Gasteiger partial charge is 0.462 e. The lowest BCUT2D eigenvalue weighted by atomic mass is 9.61. The molecular formula is C42H58O6. The quantitative estimate of drug-likeness (QED) is 0.0758. The number of ketones is 1. The van der Waals surface area contributed by atoms with Gasteiger partial charge in [0.1, 0.15) is 11.7 Å². The number of hydrogen-bond donors (Lipinski definition) is 2. The van der Waals surface area contributed by atoms with Crippen molar-refractivity contribution in [3.63, 3.8) is 0 Å². The van der Waals surface area contributed by atoms with Gasteiger partial charge in [0.05, 0.1) is 17.3 Å². The first-order valence-corrected chi connectivity index (χ1v) is 17.1. The molecule has 0 aromatic carbocycles. The van der Waals surface area contributed by atoms with Gasteiger partial charge in [0.25, 0.3) is 0 Å². The third-order valence-corrected chi connectivity index (χ3v) is 10.1. The van der Waals surface area contributed by atoms with Crippen molar-refractivity contribution in [2.75, 3.05) is 0 Å². The number of esters is 1. The first-order valence-electron chi connectivity index (χ1n) is 17.1. The number of carbonyl (C=O) groups excluding carboxylic acids is 2. The second kappa shape index (κ2) is 15.1. The van der Waals surface area contributed by atoms with Gasteiger partial charge in [-0.05, 0) is 82.4 Å². The van der Waals surface area contributed by atoms with Crippen molar-refractivity contribution >= 4 is 11.8 Å². The number of ether oxygens (including phenoxy) is 2. The van der Waals surface area contributed by atoms with Crippen LogP contribution in [-0.4, -0.2) is 51.0 Å². The number of Topliss-reactive ketones (excluding diaryl/α,β-unsaturated/α-hetero) is 1. The minimum atomic E-state index is -1.11. The number of allylic oxidation sites excluding steroid dienone is 14. The molecule has 2 saturated carbocycles. The molecule has 2 aliphatic carbocycles. The van der Waals surface area contributed by atoms with Gasteiger partial charge in [0, 0.05) is 31.8 Å². The Balaban J connectivity index is 1.54. The number of carbonyl (C=O) groups is 2. The average Bonchev–Trinajstić information content (AvgIpc) is 3.53. The van der Waals surface area contributed by atoms with E-state index in [1.807, 2.05) is 115 Å². The summed E-state index contributed by atoms with van der Waals surface area (Å²) < 4.78 is 11.6. The van der Waals surface area contributed by atoms with Crippen LogP contribution in [-0.2, 0) is 19.1 Å². The topological polar surface area (TPSA) is 96.4 Å². The van der Waals surface area contributed by atoms with E-state index in [1.165, 1.54) is 6.92 Å². The van der Waals surface area contributed by atoms with Gasteiger partial charge in [0.15, 0.2) is 5.78 Å². The van der Waals surface area contributed by atoms with Crippen LogP contribution in [0, 0.1) is 10.8 Å². The molecule has 6 heteroatoms. The Morgan fingerprint density at radius 3 is 1.92 bits per heavy atom. The average molecular weight is 659 g/mol. The van der Waals surface area contributed by atoms with Crippen molar-refractivity contribution in [2.24, 2.45) is 10.8 Å². The van der Waals surface area contributed by atoms with Gasteiger partial charge in [-0.25, -0.2) is 0 Å². The summed E-state index contributed by atoms with van der Waals surface area (Å²) in [6.07, 6.45) is 23.6. The van der Waals surface area contributed by atoms with E-state index in [0.29, 0.717) is 37.7 Å². The maximum Gasteiger partial charge on any atom is 0.302 e. The number of epoxide rings is 1. The highest BCUT2D eigenvalue weighted by Crippen LogP contribution is 2.67. The molecule has 5 atom stereocenters. The Kier molecular flexibility index (Phi) is 12.3. The fourth-order valence-electron chi connectivity index (χ4n) is 7.76. The molecule has 262 valence electrons. The van der Waals surface area contributed by atoms with E-state index in [0.717, 1.165) is 22.3 Å². The number of rotatable bonds is 11. The van der Waals surface area contributed by atoms with Crippen molar-refractivity contribution in [1.82, 2.24) is 0 Å². The molecule has 3 aliphatic rings. The first kappa shape index (κ1) is 39.2. The molecular weight excluding hydrogens is 600 g/mol. The second-order valence-corrected chi connectivity index (χ2v) is 15.9. The molecule has 0 radical (unpaired) electrons. The number of hydrogen-bond acceptors (Lipinski definition) is 6. The van der Waals surface area contributed by atoms with Gasteiger partial charge < -0.3 is 19.7 Å². The second-order valence-electron chi connectivity index (χ2n) is 15.9. The molecule has 1 heterocycles. The zero-order chi connectivity index (χ0) is 36.1. The molecule has 6 nitrogen and oxygen atoms in total. The van der Waals surface area contributed by atoms with Gasteiger partial charge in [-0.3, -0.25) is 9.59 Å². The lowest BCUT2D eigenvalue weighted by Crippen LogP contribution is -2.48. The van der Waals surface area contributed by atoms with Crippen molar-refractivity contribution in [3.8, 4) is 0 Å². The predicted molar refractivity (Wildman–Crippen MR) is 194 cm³/mol. The van der Waals surface area contributed by atoms with E-state index in [2.05, 4.69) is 19.6 Å². The highest BCUT2D eigenvalue weighted by Gasteiger charge is 2.76. The van der Waals surface area contributed by atoms with E-state index in [-0.39, 0.29) is 34.8 Å². The summed E-state index contributed by atoms with van der Waals surface area (Å²) in [6.45, 7) is 21.4. The Morgan fingerprint density at radius 2 is 1.38 bits per heavy atom. The third kappa shape index (κ3) is 9.66. The Bertz CT molecular complexity index is 1510. The number of aliphatic hydroxyl groups excluding tert-OH is 1. The zero-order valence-electron chi connectivity index (χ0n) is 31.1. The Hall–Kier alpha value is -3.28. The number of aliphatic hydroxyl groups is 2. The summed E-state index contributed by atoms with van der Waals surface area (Å²) in [5.74, 6) is -0.244. The van der Waals surface area contributed by atoms with Crippen LogP contribution < -0.4 is 0 Å². The zero-order valence-corrected chi connectivity index (χ0v) is 31.1. The lowest BCUT2D eigenvalue weighted by Gasteiger charge is -2.44. The van der Waals surface area contributed by atoms with Crippen LogP contribution in [0.5, 0.6) is 0 Å². The summed E-state index contributed by atoms with van der Waals surface area (Å²) in [7, 11) is 0. The fraction of sp³-hybridized carbons (Fsp3) is 0.548. The smallest absolute Gasteiger partial charge is 0.302 e. The molecule has 3 fully saturated rings. The van der Waals surface area contributed by atoms with Crippen LogP contribution >= 0.6 is 0 Å². The van der Waals surface area contributed by atoms with E-state index >= 15 is 0 Å². The highest BCUT2D eigenvalue weighted by molar-refractivity contribution is 5.96. The molecule has 0 unspecified atom stereocenters. The molecule has 0 aromatic heterocycles. The number of fused-ring (bicyclic) bond motifs is 1. The van der Waals surface area contributed by atoms with Crippen molar-refractivity contribution < 1.29 is 29.3 Å². The van der Waals surface area contributed by atoms with E-state index in [1.54, 1.807) is 6.92 Å². The maximum absolute atomic E-state index is 13.1. The monoisotopic (exact) mass is 658 g/mol. The van der Waals surface area contributed by atoms with Crippen LogP contribution in [0.25, 0.3) is 0 Å². The molecule has 0 bridgehead atoms. The molecule has 3 rings (SSSR count). The molecule has 2 N–H and O–H groups in total. The highest BCUT2D eigenvalue weighted by atomic mass is 16.6. The van der Waals surface area contributed by atoms with Gasteiger partial charge >= 0.3 is 5.97 Å². The first-order chi connectivity index (χ1) is 22.1. The molecule has 0 aromatic rings.